The summed E-state index contributed by atoms with van der Waals surface area (Å²) in [5.74, 6) is -1.19. The second-order valence-electron chi connectivity index (χ2n) is 1.07. The number of aliphatic carboxylic acids is 1. The lowest BCUT2D eigenvalue weighted by Crippen LogP contribution is -3.00. The number of hydrogen-bond acceptors (Lipinski definition) is 2. The van der Waals surface area contributed by atoms with Crippen LogP contribution >= 0.6 is 0 Å². The molecule has 0 N–H and O–H groups in total. The summed E-state index contributed by atoms with van der Waals surface area (Å²) in [5.41, 5.74) is 0.0648. The second kappa shape index (κ2) is 3.68. The lowest BCUT2D eigenvalue weighted by molar-refractivity contribution is -0.299. The lowest BCUT2D eigenvalue weighted by Gasteiger charge is -1.93. The molecule has 0 rings (SSSR count). The fourth-order valence-electron chi connectivity index (χ4n) is 0. The first-order valence-electron chi connectivity index (χ1n) is 1.51. The minimum Gasteiger partial charge on any atom is -1.00 e. The molecule has 0 saturated heterocycles. The van der Waals surface area contributed by atoms with Crippen molar-refractivity contribution in [1.29, 1.82) is 0 Å². The van der Waals surface area contributed by atoms with Crippen LogP contribution < -0.4 is 17.5 Å². The second-order valence-corrected chi connectivity index (χ2v) is 1.07. The Morgan fingerprint density at radius 2 is 1.86 bits per heavy atom. The van der Waals surface area contributed by atoms with Gasteiger partial charge in [0.1, 0.15) is 0 Å². The standard InChI is InChI=1S/C4H6O2.ClH/c1-3(2)4(5)6;/h1H2,2H3,(H,5,6);1H/p-2. The van der Waals surface area contributed by atoms with Crippen molar-refractivity contribution in [2.24, 2.45) is 0 Å². The molecule has 0 aromatic heterocycles. The van der Waals surface area contributed by atoms with E-state index >= 15 is 0 Å². The van der Waals surface area contributed by atoms with Crippen molar-refractivity contribution in [2.75, 3.05) is 0 Å². The topological polar surface area (TPSA) is 40.1 Å². The van der Waals surface area contributed by atoms with Gasteiger partial charge < -0.3 is 22.3 Å². The molecule has 0 aromatic carbocycles. The molecule has 0 saturated carbocycles. The van der Waals surface area contributed by atoms with Crippen molar-refractivity contribution in [3.8, 4) is 0 Å². The van der Waals surface area contributed by atoms with E-state index in [0.717, 1.165) is 0 Å². The number of carbonyl (C=O) groups excluding carboxylic acids is 1. The largest absolute Gasteiger partial charge is 1.00 e. The quantitative estimate of drug-likeness (QED) is 0.335. The van der Waals surface area contributed by atoms with Gasteiger partial charge in [0, 0.05) is 0 Å². The van der Waals surface area contributed by atoms with Gasteiger partial charge in [0.2, 0.25) is 0 Å². The molecule has 0 aliphatic rings. The monoisotopic (exact) mass is 120 g/mol. The molecule has 0 fully saturated rings. The first-order chi connectivity index (χ1) is 2.64. The Hall–Kier alpha value is -0.500. The third-order valence-electron chi connectivity index (χ3n) is 0.348. The highest BCUT2D eigenvalue weighted by molar-refractivity contribution is 5.82. The fourth-order valence-corrected chi connectivity index (χ4v) is 0. The van der Waals surface area contributed by atoms with E-state index in [2.05, 4.69) is 6.58 Å². The highest BCUT2D eigenvalue weighted by Crippen LogP contribution is 1.77. The van der Waals surface area contributed by atoms with E-state index in [1.807, 2.05) is 0 Å². The summed E-state index contributed by atoms with van der Waals surface area (Å²) in [6, 6.07) is 0. The van der Waals surface area contributed by atoms with Crippen LogP contribution in [-0.4, -0.2) is 5.97 Å². The van der Waals surface area contributed by atoms with Crippen LogP contribution in [0, 0.1) is 0 Å². The summed E-state index contributed by atoms with van der Waals surface area (Å²) < 4.78 is 0. The van der Waals surface area contributed by atoms with Crippen LogP contribution in [-0.2, 0) is 4.79 Å². The third kappa shape index (κ3) is 5.50. The van der Waals surface area contributed by atoms with Gasteiger partial charge in [0.25, 0.3) is 0 Å². The Balaban J connectivity index is 0. The van der Waals surface area contributed by atoms with Crippen LogP contribution in [0.15, 0.2) is 12.2 Å². The number of halogens is 1. The molecule has 0 unspecified atom stereocenters. The van der Waals surface area contributed by atoms with Crippen LogP contribution in [0.1, 0.15) is 6.92 Å². The first kappa shape index (κ1) is 9.71. The van der Waals surface area contributed by atoms with Crippen molar-refractivity contribution >= 4 is 5.97 Å². The number of hydrogen-bond donors (Lipinski definition) is 0. The van der Waals surface area contributed by atoms with Gasteiger partial charge in [-0.1, -0.05) is 6.58 Å². The zero-order chi connectivity index (χ0) is 5.15. The molecule has 0 aliphatic heterocycles. The van der Waals surface area contributed by atoms with E-state index in [9.17, 15) is 9.90 Å². The molecule has 42 valence electrons. The normalized spacial score (nSPS) is 6.43. The van der Waals surface area contributed by atoms with Crippen molar-refractivity contribution in [1.82, 2.24) is 0 Å². The van der Waals surface area contributed by atoms with Crippen molar-refractivity contribution in [3.05, 3.63) is 12.2 Å². The van der Waals surface area contributed by atoms with Gasteiger partial charge in [-0.3, -0.25) is 0 Å². The minimum atomic E-state index is -1.19. The molecule has 0 bridgehead atoms. The minimum absolute atomic E-state index is 0. The van der Waals surface area contributed by atoms with Gasteiger partial charge in [-0.05, 0) is 12.5 Å². The Labute approximate surface area is 48.3 Å². The summed E-state index contributed by atoms with van der Waals surface area (Å²) in [5, 5.41) is 9.49. The average Bonchev–Trinajstić information content (AvgIpc) is 1.36. The van der Waals surface area contributed by atoms with Gasteiger partial charge in [0.05, 0.1) is 5.97 Å². The molecule has 0 radical (unpaired) electrons. The van der Waals surface area contributed by atoms with E-state index in [-0.39, 0.29) is 18.0 Å². The molecule has 0 spiro atoms. The van der Waals surface area contributed by atoms with Crippen molar-refractivity contribution in [3.63, 3.8) is 0 Å². The molecule has 0 atom stereocenters. The Morgan fingerprint density at radius 1 is 1.71 bits per heavy atom. The highest BCUT2D eigenvalue weighted by atomic mass is 35.5. The summed E-state index contributed by atoms with van der Waals surface area (Å²) in [7, 11) is 0. The van der Waals surface area contributed by atoms with Crippen molar-refractivity contribution in [2.45, 2.75) is 6.92 Å². The number of carboxylic acid groups (broad SMARTS) is 1. The average molecular weight is 121 g/mol. The maximum Gasteiger partial charge on any atom is 0.0666 e. The van der Waals surface area contributed by atoms with E-state index < -0.39 is 5.97 Å². The van der Waals surface area contributed by atoms with E-state index in [1.165, 1.54) is 6.92 Å². The van der Waals surface area contributed by atoms with Crippen LogP contribution in [0.2, 0.25) is 0 Å². The SMILES string of the molecule is C=C(C)C(=O)[O-].[Cl-]. The zero-order valence-corrected chi connectivity index (χ0v) is 4.66. The van der Waals surface area contributed by atoms with Crippen molar-refractivity contribution < 1.29 is 22.3 Å². The lowest BCUT2D eigenvalue weighted by atomic mass is 10.4. The zero-order valence-electron chi connectivity index (χ0n) is 3.90. The van der Waals surface area contributed by atoms with Gasteiger partial charge in [-0.25, -0.2) is 0 Å². The Morgan fingerprint density at radius 3 is 1.86 bits per heavy atom. The molecule has 0 aromatic rings. The van der Waals surface area contributed by atoms with Gasteiger partial charge in [0.15, 0.2) is 0 Å². The van der Waals surface area contributed by atoms with Gasteiger partial charge >= 0.3 is 0 Å². The fraction of sp³-hybridized carbons (Fsp3) is 0.250. The molecule has 7 heavy (non-hydrogen) atoms. The van der Waals surface area contributed by atoms with Crippen LogP contribution in [0.25, 0.3) is 0 Å². The number of carboxylic acids is 1. The molecule has 0 aliphatic carbocycles. The summed E-state index contributed by atoms with van der Waals surface area (Å²) in [6.45, 7) is 4.48. The maximum absolute atomic E-state index is 9.49. The summed E-state index contributed by atoms with van der Waals surface area (Å²) in [6.07, 6.45) is 0. The van der Waals surface area contributed by atoms with E-state index in [1.54, 1.807) is 0 Å². The molecule has 0 heterocycles. The highest BCUT2D eigenvalue weighted by Gasteiger charge is 1.76. The van der Waals surface area contributed by atoms with E-state index in [0.29, 0.717) is 0 Å². The molecular weight excluding hydrogens is 115 g/mol. The number of rotatable bonds is 1. The molecule has 0 amide bonds. The van der Waals surface area contributed by atoms with Gasteiger partial charge in [-0.15, -0.1) is 0 Å². The van der Waals surface area contributed by atoms with Crippen LogP contribution in [0.3, 0.4) is 0 Å². The van der Waals surface area contributed by atoms with E-state index in [4.69, 9.17) is 0 Å². The summed E-state index contributed by atoms with van der Waals surface area (Å²) in [4.78, 5) is 9.49. The van der Waals surface area contributed by atoms with Crippen LogP contribution in [0.4, 0.5) is 0 Å². The molecular formula is C4H5ClO2-2. The van der Waals surface area contributed by atoms with Crippen LogP contribution in [0.5, 0.6) is 0 Å². The molecule has 2 nitrogen and oxygen atoms in total. The summed E-state index contributed by atoms with van der Waals surface area (Å²) >= 11 is 0. The molecule has 3 heteroatoms. The number of carbonyl (C=O) groups is 1. The Bertz CT molecular complexity index is 75.7. The predicted molar refractivity (Wildman–Crippen MR) is 19.8 cm³/mol. The smallest absolute Gasteiger partial charge is 0.0666 e. The van der Waals surface area contributed by atoms with Gasteiger partial charge in [-0.2, -0.15) is 0 Å². The predicted octanol–water partition coefficient (Wildman–Crippen LogP) is -3.68. The first-order valence-corrected chi connectivity index (χ1v) is 1.51. The Kier molecular flexibility index (Phi) is 5.11. The third-order valence-corrected chi connectivity index (χ3v) is 0.348. The maximum atomic E-state index is 9.49.